The second-order valence-corrected chi connectivity index (χ2v) is 7.31. The normalized spacial score (nSPS) is 15.4. The highest BCUT2D eigenvalue weighted by Gasteiger charge is 2.28. The molecule has 1 aromatic carbocycles. The highest BCUT2D eigenvalue weighted by atomic mass is 32.2. The van der Waals surface area contributed by atoms with Crippen LogP contribution < -0.4 is 10.9 Å². The quantitative estimate of drug-likeness (QED) is 0.618. The van der Waals surface area contributed by atoms with E-state index in [1.54, 1.807) is 4.57 Å². The van der Waals surface area contributed by atoms with E-state index in [0.717, 1.165) is 25.7 Å². The van der Waals surface area contributed by atoms with Gasteiger partial charge in [0.25, 0.3) is 5.56 Å². The van der Waals surface area contributed by atoms with Gasteiger partial charge in [0, 0.05) is 12.1 Å². The molecule has 0 aliphatic heterocycles. The van der Waals surface area contributed by atoms with Crippen molar-refractivity contribution in [2.24, 2.45) is 0 Å². The van der Waals surface area contributed by atoms with Crippen LogP contribution in [0.4, 0.5) is 0 Å². The van der Waals surface area contributed by atoms with Crippen LogP contribution in [0.2, 0.25) is 0 Å². The second-order valence-electron chi connectivity index (χ2n) is 6.36. The second kappa shape index (κ2) is 7.38. The van der Waals surface area contributed by atoms with Gasteiger partial charge in [-0.2, -0.15) is 0 Å². The van der Waals surface area contributed by atoms with Crippen LogP contribution in [0.3, 0.4) is 0 Å². The molecular formula is C18H23N3O2S. The van der Waals surface area contributed by atoms with Crippen molar-refractivity contribution in [3.8, 4) is 0 Å². The molecule has 1 heterocycles. The largest absolute Gasteiger partial charge is 0.353 e. The third-order valence-electron chi connectivity index (χ3n) is 4.15. The van der Waals surface area contributed by atoms with E-state index in [-0.39, 0.29) is 29.3 Å². The molecule has 0 spiro atoms. The molecule has 1 aliphatic rings. The summed E-state index contributed by atoms with van der Waals surface area (Å²) in [6.45, 7) is 4.12. The number of fused-ring (bicyclic) bond motifs is 1. The van der Waals surface area contributed by atoms with Crippen molar-refractivity contribution in [2.45, 2.75) is 56.8 Å². The first-order chi connectivity index (χ1) is 11.6. The number of nitrogens with zero attached hydrogens (tertiary/aromatic N) is 2. The van der Waals surface area contributed by atoms with Crippen molar-refractivity contribution in [1.29, 1.82) is 0 Å². The van der Waals surface area contributed by atoms with Gasteiger partial charge in [-0.15, -0.1) is 0 Å². The van der Waals surface area contributed by atoms with Crippen LogP contribution in [-0.2, 0) is 4.79 Å². The average Bonchev–Trinajstić information content (AvgIpc) is 3.38. The van der Waals surface area contributed by atoms with Gasteiger partial charge in [-0.3, -0.25) is 14.2 Å². The maximum Gasteiger partial charge on any atom is 0.262 e. The maximum atomic E-state index is 12.7. The van der Waals surface area contributed by atoms with E-state index in [9.17, 15) is 9.59 Å². The van der Waals surface area contributed by atoms with Crippen molar-refractivity contribution < 1.29 is 4.79 Å². The lowest BCUT2D eigenvalue weighted by molar-refractivity contribution is -0.119. The Balaban J connectivity index is 1.80. The Morgan fingerprint density at radius 3 is 2.88 bits per heavy atom. The molecule has 6 heteroatoms. The summed E-state index contributed by atoms with van der Waals surface area (Å²) in [7, 11) is 0. The molecule has 1 unspecified atom stereocenters. The highest BCUT2D eigenvalue weighted by Crippen LogP contribution is 2.36. The Bertz CT molecular complexity index is 798. The minimum atomic E-state index is -0.00861. The topological polar surface area (TPSA) is 64.0 Å². The fourth-order valence-corrected chi connectivity index (χ4v) is 3.71. The average molecular weight is 345 g/mol. The molecule has 1 saturated carbocycles. The number of para-hydroxylation sites is 1. The molecule has 0 bridgehead atoms. The summed E-state index contributed by atoms with van der Waals surface area (Å²) in [5.74, 6) is 0.275. The van der Waals surface area contributed by atoms with Crippen LogP contribution in [0.25, 0.3) is 10.9 Å². The monoisotopic (exact) mass is 345 g/mol. The zero-order chi connectivity index (χ0) is 17.1. The standard InChI is InChI=1S/C18H23N3O2S/c1-3-6-12(2)19-16(22)11-24-18-20-15-8-5-4-7-14(15)17(23)21(18)13-9-10-13/h4-5,7-8,12-13H,3,6,9-11H2,1-2H3,(H,19,22). The Labute approximate surface area is 145 Å². The number of carbonyl (C=O) groups excluding carboxylic acids is 1. The predicted octanol–water partition coefficient (Wildman–Crippen LogP) is 3.13. The van der Waals surface area contributed by atoms with Crippen molar-refractivity contribution >= 4 is 28.6 Å². The lowest BCUT2D eigenvalue weighted by atomic mass is 10.2. The minimum absolute atomic E-state index is 0.00496. The molecule has 1 N–H and O–H groups in total. The van der Waals surface area contributed by atoms with Crippen LogP contribution in [0.15, 0.2) is 34.2 Å². The molecule has 0 radical (unpaired) electrons. The SMILES string of the molecule is CCCC(C)NC(=O)CSc1nc2ccccc2c(=O)n1C1CC1. The van der Waals surface area contributed by atoms with Gasteiger partial charge in [0.2, 0.25) is 5.91 Å². The number of hydrogen-bond donors (Lipinski definition) is 1. The van der Waals surface area contributed by atoms with Gasteiger partial charge in [-0.05, 0) is 38.3 Å². The summed E-state index contributed by atoms with van der Waals surface area (Å²) in [5, 5.41) is 4.29. The van der Waals surface area contributed by atoms with E-state index in [2.05, 4.69) is 17.2 Å². The third kappa shape index (κ3) is 3.80. The van der Waals surface area contributed by atoms with E-state index in [1.807, 2.05) is 31.2 Å². The number of benzene rings is 1. The molecule has 0 saturated heterocycles. The number of hydrogen-bond acceptors (Lipinski definition) is 4. The fourth-order valence-electron chi connectivity index (χ4n) is 2.83. The van der Waals surface area contributed by atoms with Gasteiger partial charge >= 0.3 is 0 Å². The summed E-state index contributed by atoms with van der Waals surface area (Å²) in [4.78, 5) is 29.5. The highest BCUT2D eigenvalue weighted by molar-refractivity contribution is 7.99. The first-order valence-electron chi connectivity index (χ1n) is 8.53. The van der Waals surface area contributed by atoms with E-state index < -0.39 is 0 Å². The molecule has 24 heavy (non-hydrogen) atoms. The van der Waals surface area contributed by atoms with E-state index >= 15 is 0 Å². The number of aromatic nitrogens is 2. The molecule has 1 amide bonds. The van der Waals surface area contributed by atoms with Crippen LogP contribution in [0.1, 0.15) is 45.6 Å². The van der Waals surface area contributed by atoms with Gasteiger partial charge in [-0.25, -0.2) is 4.98 Å². The molecule has 3 rings (SSSR count). The van der Waals surface area contributed by atoms with Crippen molar-refractivity contribution in [1.82, 2.24) is 14.9 Å². The Kier molecular flexibility index (Phi) is 5.23. The Hall–Kier alpha value is -1.82. The first-order valence-corrected chi connectivity index (χ1v) is 9.52. The molecule has 2 aromatic rings. The van der Waals surface area contributed by atoms with Crippen molar-refractivity contribution in [3.63, 3.8) is 0 Å². The van der Waals surface area contributed by atoms with Crippen molar-refractivity contribution in [2.75, 3.05) is 5.75 Å². The molecule has 1 fully saturated rings. The van der Waals surface area contributed by atoms with Gasteiger partial charge in [-0.1, -0.05) is 37.2 Å². The molecule has 1 aliphatic carbocycles. The first kappa shape index (κ1) is 17.0. The Morgan fingerprint density at radius 1 is 1.42 bits per heavy atom. The summed E-state index contributed by atoms with van der Waals surface area (Å²) in [6.07, 6.45) is 4.03. The van der Waals surface area contributed by atoms with Crippen LogP contribution in [-0.4, -0.2) is 27.3 Å². The van der Waals surface area contributed by atoms with E-state index in [0.29, 0.717) is 16.1 Å². The number of nitrogens with one attached hydrogen (secondary N) is 1. The predicted molar refractivity (Wildman–Crippen MR) is 97.5 cm³/mol. The maximum absolute atomic E-state index is 12.7. The molecule has 5 nitrogen and oxygen atoms in total. The number of amides is 1. The van der Waals surface area contributed by atoms with Crippen molar-refractivity contribution in [3.05, 3.63) is 34.6 Å². The molecule has 1 aromatic heterocycles. The van der Waals surface area contributed by atoms with E-state index in [4.69, 9.17) is 0 Å². The number of rotatable bonds is 7. The van der Waals surface area contributed by atoms with Gasteiger partial charge in [0.05, 0.1) is 16.7 Å². The number of carbonyl (C=O) groups is 1. The summed E-state index contributed by atoms with van der Waals surface area (Å²) in [5.41, 5.74) is 0.701. The van der Waals surface area contributed by atoms with Crippen LogP contribution in [0, 0.1) is 0 Å². The fraction of sp³-hybridized carbons (Fsp3) is 0.500. The number of thioether (sulfide) groups is 1. The lowest BCUT2D eigenvalue weighted by Crippen LogP contribution is -2.34. The van der Waals surface area contributed by atoms with Gasteiger partial charge in [0.1, 0.15) is 0 Å². The van der Waals surface area contributed by atoms with Crippen LogP contribution >= 0.6 is 11.8 Å². The zero-order valence-electron chi connectivity index (χ0n) is 14.1. The van der Waals surface area contributed by atoms with E-state index in [1.165, 1.54) is 11.8 Å². The zero-order valence-corrected chi connectivity index (χ0v) is 14.9. The summed E-state index contributed by atoms with van der Waals surface area (Å²) in [6, 6.07) is 7.82. The molecule has 1 atom stereocenters. The molecular weight excluding hydrogens is 322 g/mol. The minimum Gasteiger partial charge on any atom is -0.353 e. The van der Waals surface area contributed by atoms with Gasteiger partial charge in [0.15, 0.2) is 5.16 Å². The molecule has 128 valence electrons. The van der Waals surface area contributed by atoms with Crippen LogP contribution in [0.5, 0.6) is 0 Å². The van der Waals surface area contributed by atoms with Gasteiger partial charge < -0.3 is 5.32 Å². The lowest BCUT2D eigenvalue weighted by Gasteiger charge is -2.14. The third-order valence-corrected chi connectivity index (χ3v) is 5.10. The summed E-state index contributed by atoms with van der Waals surface area (Å²) >= 11 is 1.35. The Morgan fingerprint density at radius 2 is 2.17 bits per heavy atom. The summed E-state index contributed by atoms with van der Waals surface area (Å²) < 4.78 is 1.77. The smallest absolute Gasteiger partial charge is 0.262 e.